The summed E-state index contributed by atoms with van der Waals surface area (Å²) < 4.78 is 18.8. The molecule has 0 spiro atoms. The molecule has 0 bridgehead atoms. The molecule has 0 aromatic heterocycles. The van der Waals surface area contributed by atoms with Crippen LogP contribution in [0.4, 0.5) is 4.39 Å². The Bertz CT molecular complexity index is 497. The molecule has 0 saturated carbocycles. The molecule has 88 valence electrons. The minimum absolute atomic E-state index is 0.274. The fourth-order valence-corrected chi connectivity index (χ4v) is 1.58. The van der Waals surface area contributed by atoms with E-state index < -0.39 is 0 Å². The lowest BCUT2D eigenvalue weighted by atomic mass is 10.1. The second kappa shape index (κ2) is 4.97. The second-order valence-corrected chi connectivity index (χ2v) is 3.89. The topological polar surface area (TPSA) is 35.2 Å². The first-order valence-corrected chi connectivity index (χ1v) is 5.45. The highest BCUT2D eigenvalue weighted by atomic mass is 19.1. The van der Waals surface area contributed by atoms with Crippen LogP contribution < -0.4 is 10.5 Å². The average Bonchev–Trinajstić information content (AvgIpc) is 2.32. The molecule has 17 heavy (non-hydrogen) atoms. The molecule has 1 unspecified atom stereocenters. The van der Waals surface area contributed by atoms with Crippen molar-refractivity contribution in [1.82, 2.24) is 0 Å². The molecule has 0 aliphatic rings. The summed E-state index contributed by atoms with van der Waals surface area (Å²) in [6.45, 7) is 1.80. The van der Waals surface area contributed by atoms with E-state index in [1.165, 1.54) is 12.1 Å². The molecule has 3 heteroatoms. The van der Waals surface area contributed by atoms with Crippen LogP contribution >= 0.6 is 0 Å². The molecule has 0 aliphatic heterocycles. The molecule has 2 N–H and O–H groups in total. The largest absolute Gasteiger partial charge is 0.457 e. The van der Waals surface area contributed by atoms with E-state index in [4.69, 9.17) is 10.5 Å². The molecule has 0 radical (unpaired) electrons. The van der Waals surface area contributed by atoms with E-state index in [1.807, 2.05) is 30.3 Å². The summed E-state index contributed by atoms with van der Waals surface area (Å²) in [4.78, 5) is 0. The van der Waals surface area contributed by atoms with Crippen molar-refractivity contribution in [2.24, 2.45) is 5.73 Å². The highest BCUT2D eigenvalue weighted by Gasteiger charge is 2.10. The molecule has 0 saturated heterocycles. The van der Waals surface area contributed by atoms with E-state index in [0.29, 0.717) is 17.1 Å². The minimum atomic E-state index is -0.308. The first-order chi connectivity index (χ1) is 8.16. The van der Waals surface area contributed by atoms with Gasteiger partial charge in [-0.25, -0.2) is 4.39 Å². The van der Waals surface area contributed by atoms with Crippen LogP contribution in [0.3, 0.4) is 0 Å². The summed E-state index contributed by atoms with van der Waals surface area (Å²) in [6, 6.07) is 13.4. The van der Waals surface area contributed by atoms with Crippen LogP contribution in [-0.4, -0.2) is 0 Å². The Morgan fingerprint density at radius 3 is 2.47 bits per heavy atom. The first kappa shape index (κ1) is 11.6. The van der Waals surface area contributed by atoms with Gasteiger partial charge in [0.2, 0.25) is 0 Å². The number of ether oxygens (including phenoxy) is 1. The summed E-state index contributed by atoms with van der Waals surface area (Å²) in [5.41, 5.74) is 6.45. The summed E-state index contributed by atoms with van der Waals surface area (Å²) in [6.07, 6.45) is 0. The maximum atomic E-state index is 13.1. The van der Waals surface area contributed by atoms with E-state index in [9.17, 15) is 4.39 Å². The number of benzene rings is 2. The number of para-hydroxylation sites is 1. The Balaban J connectivity index is 2.33. The minimum Gasteiger partial charge on any atom is -0.457 e. The van der Waals surface area contributed by atoms with Crippen molar-refractivity contribution < 1.29 is 9.13 Å². The van der Waals surface area contributed by atoms with Gasteiger partial charge in [-0.3, -0.25) is 0 Å². The van der Waals surface area contributed by atoms with Crippen molar-refractivity contribution in [2.75, 3.05) is 0 Å². The van der Waals surface area contributed by atoms with E-state index in [1.54, 1.807) is 13.0 Å². The van der Waals surface area contributed by atoms with E-state index in [2.05, 4.69) is 0 Å². The number of hydrogen-bond acceptors (Lipinski definition) is 2. The van der Waals surface area contributed by atoms with E-state index >= 15 is 0 Å². The lowest BCUT2D eigenvalue weighted by molar-refractivity contribution is 0.469. The molecule has 0 heterocycles. The van der Waals surface area contributed by atoms with Crippen LogP contribution in [0.15, 0.2) is 48.5 Å². The van der Waals surface area contributed by atoms with Crippen LogP contribution in [0.2, 0.25) is 0 Å². The molecule has 2 rings (SSSR count). The molecule has 2 nitrogen and oxygen atoms in total. The maximum Gasteiger partial charge on any atom is 0.132 e. The quantitative estimate of drug-likeness (QED) is 0.875. The third-order valence-corrected chi connectivity index (χ3v) is 2.43. The number of rotatable bonds is 3. The fourth-order valence-electron chi connectivity index (χ4n) is 1.58. The third-order valence-electron chi connectivity index (χ3n) is 2.43. The molecule has 0 aliphatic carbocycles. The van der Waals surface area contributed by atoms with Gasteiger partial charge in [0.1, 0.15) is 17.3 Å². The van der Waals surface area contributed by atoms with Crippen molar-refractivity contribution in [3.63, 3.8) is 0 Å². The van der Waals surface area contributed by atoms with Crippen molar-refractivity contribution in [2.45, 2.75) is 13.0 Å². The average molecular weight is 231 g/mol. The molecular weight excluding hydrogens is 217 g/mol. The zero-order valence-electron chi connectivity index (χ0n) is 9.56. The van der Waals surface area contributed by atoms with Crippen LogP contribution in [0.25, 0.3) is 0 Å². The Morgan fingerprint density at radius 1 is 1.12 bits per heavy atom. The third kappa shape index (κ3) is 2.82. The Labute approximate surface area is 99.8 Å². The lowest BCUT2D eigenvalue weighted by Crippen LogP contribution is -2.07. The number of hydrogen-bond donors (Lipinski definition) is 1. The molecule has 1 atom stereocenters. The number of nitrogens with two attached hydrogens (primary N) is 1. The van der Waals surface area contributed by atoms with E-state index in [-0.39, 0.29) is 11.9 Å². The molecule has 2 aromatic carbocycles. The molecule has 0 fully saturated rings. The predicted octanol–water partition coefficient (Wildman–Crippen LogP) is 3.64. The van der Waals surface area contributed by atoms with Gasteiger partial charge in [-0.2, -0.15) is 0 Å². The monoisotopic (exact) mass is 231 g/mol. The van der Waals surface area contributed by atoms with Crippen molar-refractivity contribution >= 4 is 0 Å². The van der Waals surface area contributed by atoms with Gasteiger partial charge in [0.25, 0.3) is 0 Å². The summed E-state index contributed by atoms with van der Waals surface area (Å²) in [7, 11) is 0. The standard InChI is InChI=1S/C14H14FNO/c1-10(16)13-9-11(15)7-8-14(13)17-12-5-3-2-4-6-12/h2-10H,16H2,1H3. The Kier molecular flexibility index (Phi) is 3.40. The van der Waals surface area contributed by atoms with Gasteiger partial charge in [0.15, 0.2) is 0 Å². The second-order valence-electron chi connectivity index (χ2n) is 3.89. The van der Waals surface area contributed by atoms with Gasteiger partial charge in [-0.1, -0.05) is 18.2 Å². The van der Waals surface area contributed by atoms with Crippen LogP contribution in [0.1, 0.15) is 18.5 Å². The van der Waals surface area contributed by atoms with Gasteiger partial charge in [-0.15, -0.1) is 0 Å². The molecular formula is C14H14FNO. The summed E-state index contributed by atoms with van der Waals surface area (Å²) in [5.74, 6) is 0.992. The zero-order chi connectivity index (χ0) is 12.3. The van der Waals surface area contributed by atoms with Crippen LogP contribution in [0.5, 0.6) is 11.5 Å². The first-order valence-electron chi connectivity index (χ1n) is 5.45. The number of halogens is 1. The zero-order valence-corrected chi connectivity index (χ0v) is 9.56. The summed E-state index contributed by atoms with van der Waals surface area (Å²) >= 11 is 0. The van der Waals surface area contributed by atoms with Gasteiger partial charge in [-0.05, 0) is 37.3 Å². The highest BCUT2D eigenvalue weighted by molar-refractivity contribution is 5.39. The molecule has 0 amide bonds. The fraction of sp³-hybridized carbons (Fsp3) is 0.143. The van der Waals surface area contributed by atoms with Gasteiger partial charge < -0.3 is 10.5 Å². The van der Waals surface area contributed by atoms with Gasteiger partial charge in [0, 0.05) is 11.6 Å². The Hall–Kier alpha value is -1.87. The van der Waals surface area contributed by atoms with Crippen molar-refractivity contribution in [3.05, 3.63) is 59.9 Å². The van der Waals surface area contributed by atoms with E-state index in [0.717, 1.165) is 0 Å². The van der Waals surface area contributed by atoms with Crippen molar-refractivity contribution in [1.29, 1.82) is 0 Å². The molecule has 2 aromatic rings. The van der Waals surface area contributed by atoms with Gasteiger partial charge >= 0.3 is 0 Å². The lowest BCUT2D eigenvalue weighted by Gasteiger charge is -2.13. The van der Waals surface area contributed by atoms with Crippen LogP contribution in [-0.2, 0) is 0 Å². The predicted molar refractivity (Wildman–Crippen MR) is 65.5 cm³/mol. The normalized spacial score (nSPS) is 12.2. The van der Waals surface area contributed by atoms with Crippen molar-refractivity contribution in [3.8, 4) is 11.5 Å². The smallest absolute Gasteiger partial charge is 0.132 e. The highest BCUT2D eigenvalue weighted by Crippen LogP contribution is 2.29. The summed E-state index contributed by atoms with van der Waals surface area (Å²) in [5, 5.41) is 0. The van der Waals surface area contributed by atoms with Crippen LogP contribution in [0, 0.1) is 5.82 Å². The SMILES string of the molecule is CC(N)c1cc(F)ccc1Oc1ccccc1. The maximum absolute atomic E-state index is 13.1. The Morgan fingerprint density at radius 2 is 1.82 bits per heavy atom. The van der Waals surface area contributed by atoms with Gasteiger partial charge in [0.05, 0.1) is 0 Å².